The van der Waals surface area contributed by atoms with Crippen molar-refractivity contribution >= 4 is 44.8 Å². The Morgan fingerprint density at radius 1 is 1.24 bits per heavy atom. The predicted molar refractivity (Wildman–Crippen MR) is 86.1 cm³/mol. The van der Waals surface area contributed by atoms with Gasteiger partial charge in [-0.3, -0.25) is 10.1 Å². The lowest BCUT2D eigenvalue weighted by atomic mass is 10.2. The Labute approximate surface area is 139 Å². The van der Waals surface area contributed by atoms with Crippen molar-refractivity contribution in [3.63, 3.8) is 0 Å². The van der Waals surface area contributed by atoms with Crippen molar-refractivity contribution in [2.45, 2.75) is 12.5 Å². The Hall–Kier alpha value is -1.30. The maximum atomic E-state index is 10.9. The highest BCUT2D eigenvalue weighted by atomic mass is 79.9. The summed E-state index contributed by atoms with van der Waals surface area (Å²) < 4.78 is 6.10. The summed E-state index contributed by atoms with van der Waals surface area (Å²) in [5, 5.41) is 11.5. The number of nitrogens with zero attached hydrogens (tertiary/aromatic N) is 1. The molecule has 0 amide bonds. The van der Waals surface area contributed by atoms with Crippen LogP contribution in [0.1, 0.15) is 11.1 Å². The third-order valence-electron chi connectivity index (χ3n) is 2.80. The molecule has 0 atom stereocenters. The third kappa shape index (κ3) is 3.87. The van der Waals surface area contributed by atoms with Crippen LogP contribution in [-0.2, 0) is 12.5 Å². The van der Waals surface area contributed by atoms with Crippen molar-refractivity contribution in [3.8, 4) is 5.75 Å². The number of nitro groups is 1. The second-order valence-electron chi connectivity index (χ2n) is 4.18. The SMILES string of the molecule is O=[N+]([O-])c1cccc(COc2ccc(Cl)cc2CCl)c1Br. The summed E-state index contributed by atoms with van der Waals surface area (Å²) in [7, 11) is 0. The van der Waals surface area contributed by atoms with Gasteiger partial charge >= 0.3 is 0 Å². The molecule has 0 fully saturated rings. The Morgan fingerprint density at radius 3 is 2.67 bits per heavy atom. The summed E-state index contributed by atoms with van der Waals surface area (Å²) in [5.74, 6) is 0.874. The van der Waals surface area contributed by atoms with Gasteiger partial charge in [-0.15, -0.1) is 11.6 Å². The molecule has 0 heterocycles. The lowest BCUT2D eigenvalue weighted by Crippen LogP contribution is -2.00. The molecule has 0 aromatic heterocycles. The Kier molecular flexibility index (Phi) is 5.45. The Morgan fingerprint density at radius 2 is 2.00 bits per heavy atom. The second-order valence-corrected chi connectivity index (χ2v) is 5.68. The van der Waals surface area contributed by atoms with E-state index in [1.807, 2.05) is 0 Å². The highest BCUT2D eigenvalue weighted by molar-refractivity contribution is 9.10. The summed E-state index contributed by atoms with van der Waals surface area (Å²) in [5.41, 5.74) is 1.45. The second kappa shape index (κ2) is 7.11. The van der Waals surface area contributed by atoms with Crippen LogP contribution in [0.25, 0.3) is 0 Å². The van der Waals surface area contributed by atoms with Gasteiger partial charge in [-0.05, 0) is 34.1 Å². The van der Waals surface area contributed by atoms with Crippen LogP contribution in [-0.4, -0.2) is 4.92 Å². The van der Waals surface area contributed by atoms with E-state index in [4.69, 9.17) is 27.9 Å². The molecular formula is C14H10BrCl2NO3. The highest BCUT2D eigenvalue weighted by Crippen LogP contribution is 2.30. The first-order chi connectivity index (χ1) is 10.0. The standard InChI is InChI=1S/C14H10BrCl2NO3/c15-14-9(2-1-3-12(14)18(19)20)8-21-13-5-4-11(17)6-10(13)7-16/h1-6H,7-8H2. The number of nitro benzene ring substituents is 1. The fourth-order valence-electron chi connectivity index (χ4n) is 1.77. The van der Waals surface area contributed by atoms with Gasteiger partial charge in [0.15, 0.2) is 0 Å². The van der Waals surface area contributed by atoms with Crippen LogP contribution in [0.3, 0.4) is 0 Å². The van der Waals surface area contributed by atoms with Crippen molar-refractivity contribution in [2.75, 3.05) is 0 Å². The summed E-state index contributed by atoms with van der Waals surface area (Å²) in [6.07, 6.45) is 0. The number of benzene rings is 2. The quantitative estimate of drug-likeness (QED) is 0.394. The van der Waals surface area contributed by atoms with Crippen LogP contribution in [0.15, 0.2) is 40.9 Å². The van der Waals surface area contributed by atoms with Crippen molar-refractivity contribution in [3.05, 3.63) is 67.1 Å². The number of ether oxygens (including phenoxy) is 1. The molecule has 21 heavy (non-hydrogen) atoms. The first kappa shape index (κ1) is 16.1. The van der Waals surface area contributed by atoms with Crippen molar-refractivity contribution < 1.29 is 9.66 Å². The van der Waals surface area contributed by atoms with Gasteiger partial charge in [-0.1, -0.05) is 23.7 Å². The van der Waals surface area contributed by atoms with Gasteiger partial charge in [0, 0.05) is 22.2 Å². The molecule has 0 unspecified atom stereocenters. The van der Waals surface area contributed by atoms with Gasteiger partial charge in [0.2, 0.25) is 0 Å². The van der Waals surface area contributed by atoms with E-state index in [0.717, 1.165) is 5.56 Å². The van der Waals surface area contributed by atoms with Gasteiger partial charge in [0.1, 0.15) is 16.8 Å². The van der Waals surface area contributed by atoms with Crippen molar-refractivity contribution in [1.29, 1.82) is 0 Å². The number of halogens is 3. The van der Waals surface area contributed by atoms with E-state index in [0.29, 0.717) is 20.8 Å². The molecule has 7 heteroatoms. The minimum absolute atomic E-state index is 0.00442. The molecule has 0 bridgehead atoms. The highest BCUT2D eigenvalue weighted by Gasteiger charge is 2.15. The Bertz CT molecular complexity index is 679. The first-order valence-electron chi connectivity index (χ1n) is 5.92. The molecule has 0 aliphatic heterocycles. The van der Waals surface area contributed by atoms with Crippen molar-refractivity contribution in [2.24, 2.45) is 0 Å². The molecule has 2 aromatic carbocycles. The fraction of sp³-hybridized carbons (Fsp3) is 0.143. The van der Waals surface area contributed by atoms with Gasteiger partial charge in [0.05, 0.1) is 10.8 Å². The molecule has 0 saturated carbocycles. The predicted octanol–water partition coefficient (Wildman–Crippen LogP) is 5.33. The minimum atomic E-state index is -0.444. The van der Waals surface area contributed by atoms with E-state index in [1.54, 1.807) is 30.3 Å². The van der Waals surface area contributed by atoms with E-state index >= 15 is 0 Å². The molecule has 2 aromatic rings. The van der Waals surface area contributed by atoms with E-state index in [1.165, 1.54) is 6.07 Å². The number of hydrogen-bond acceptors (Lipinski definition) is 3. The summed E-state index contributed by atoms with van der Waals surface area (Å²) in [4.78, 5) is 10.4. The smallest absolute Gasteiger partial charge is 0.283 e. The van der Waals surface area contributed by atoms with Gasteiger partial charge < -0.3 is 4.74 Å². The van der Waals surface area contributed by atoms with Crippen LogP contribution in [0.2, 0.25) is 5.02 Å². The number of rotatable bonds is 5. The van der Waals surface area contributed by atoms with Gasteiger partial charge in [0.25, 0.3) is 5.69 Å². The van der Waals surface area contributed by atoms with Gasteiger partial charge in [-0.2, -0.15) is 0 Å². The van der Waals surface area contributed by atoms with Crippen LogP contribution >= 0.6 is 39.1 Å². The lowest BCUT2D eigenvalue weighted by molar-refractivity contribution is -0.385. The normalized spacial score (nSPS) is 10.4. The average Bonchev–Trinajstić information content (AvgIpc) is 2.46. The molecule has 4 nitrogen and oxygen atoms in total. The molecule has 2 rings (SSSR count). The molecule has 0 radical (unpaired) electrons. The number of hydrogen-bond donors (Lipinski definition) is 0. The topological polar surface area (TPSA) is 52.4 Å². The lowest BCUT2D eigenvalue weighted by Gasteiger charge is -2.11. The zero-order chi connectivity index (χ0) is 15.4. The Balaban J connectivity index is 2.21. The fourth-order valence-corrected chi connectivity index (χ4v) is 2.69. The first-order valence-corrected chi connectivity index (χ1v) is 7.62. The molecule has 0 saturated heterocycles. The van der Waals surface area contributed by atoms with E-state index in [9.17, 15) is 10.1 Å². The zero-order valence-electron chi connectivity index (χ0n) is 10.7. The summed E-state index contributed by atoms with van der Waals surface area (Å²) >= 11 is 15.0. The summed E-state index contributed by atoms with van der Waals surface area (Å²) in [6.45, 7) is 0.188. The van der Waals surface area contributed by atoms with Gasteiger partial charge in [-0.25, -0.2) is 0 Å². The maximum Gasteiger partial charge on any atom is 0.283 e. The molecule has 0 spiro atoms. The molecular weight excluding hydrogens is 381 g/mol. The van der Waals surface area contributed by atoms with Crippen molar-refractivity contribution in [1.82, 2.24) is 0 Å². The molecule has 0 N–H and O–H groups in total. The van der Waals surface area contributed by atoms with E-state index in [-0.39, 0.29) is 18.2 Å². The molecule has 110 valence electrons. The van der Waals surface area contributed by atoms with Crippen LogP contribution in [0.5, 0.6) is 5.75 Å². The van der Waals surface area contributed by atoms with Crippen LogP contribution in [0.4, 0.5) is 5.69 Å². The third-order valence-corrected chi connectivity index (χ3v) is 4.24. The molecule has 0 aliphatic rings. The van der Waals surface area contributed by atoms with E-state index < -0.39 is 4.92 Å². The zero-order valence-corrected chi connectivity index (χ0v) is 13.8. The largest absolute Gasteiger partial charge is 0.489 e. The van der Waals surface area contributed by atoms with Crippen LogP contribution in [0, 0.1) is 10.1 Å². The summed E-state index contributed by atoms with van der Waals surface area (Å²) in [6, 6.07) is 9.96. The van der Waals surface area contributed by atoms with Crippen LogP contribution < -0.4 is 4.74 Å². The average molecular weight is 391 g/mol. The molecule has 0 aliphatic carbocycles. The van der Waals surface area contributed by atoms with E-state index in [2.05, 4.69) is 15.9 Å². The monoisotopic (exact) mass is 389 g/mol. The maximum absolute atomic E-state index is 10.9. The number of alkyl halides is 1. The minimum Gasteiger partial charge on any atom is -0.489 e.